The molecule has 0 atom stereocenters. The molecule has 0 bridgehead atoms. The Hall–Kier alpha value is -1.39. The summed E-state index contributed by atoms with van der Waals surface area (Å²) in [6.45, 7) is 4.19. The third-order valence-electron chi connectivity index (χ3n) is 2.59. The number of carbonyl (C=O) groups is 1. The predicted molar refractivity (Wildman–Crippen MR) is 61.2 cm³/mol. The Kier molecular flexibility index (Phi) is 3.91. The number of hydrogen-bond donors (Lipinski definition) is 1. The van der Waals surface area contributed by atoms with Gasteiger partial charge in [-0.05, 0) is 12.1 Å². The lowest BCUT2D eigenvalue weighted by Crippen LogP contribution is -2.27. The molecule has 1 aliphatic rings. The van der Waals surface area contributed by atoms with Crippen molar-refractivity contribution in [2.45, 2.75) is 0 Å². The zero-order valence-corrected chi connectivity index (χ0v) is 9.19. The van der Waals surface area contributed by atoms with Crippen LogP contribution in [-0.2, 0) is 4.74 Å². The lowest BCUT2D eigenvalue weighted by atomic mass is 10.2. The van der Waals surface area contributed by atoms with Crippen LogP contribution in [0.5, 0.6) is 0 Å². The minimum Gasteiger partial charge on any atom is -0.461 e. The first-order valence-corrected chi connectivity index (χ1v) is 5.51. The van der Waals surface area contributed by atoms with Crippen molar-refractivity contribution in [2.24, 2.45) is 0 Å². The molecule has 1 aromatic rings. The molecule has 1 aliphatic heterocycles. The fraction of sp³-hybridized carbons (Fsp3) is 0.417. The van der Waals surface area contributed by atoms with Gasteiger partial charge in [-0.15, -0.1) is 0 Å². The molecule has 0 unspecified atom stereocenters. The molecule has 2 rings (SSSR count). The maximum absolute atomic E-state index is 11.6. The van der Waals surface area contributed by atoms with Crippen molar-refractivity contribution in [3.05, 3.63) is 35.9 Å². The Labute approximate surface area is 95.2 Å². The molecule has 0 saturated carbocycles. The Morgan fingerprint density at radius 3 is 2.88 bits per heavy atom. The number of nitrogens with zero attached hydrogens (tertiary/aromatic N) is 1. The van der Waals surface area contributed by atoms with E-state index in [1.54, 1.807) is 12.1 Å². The monoisotopic (exact) mass is 220 g/mol. The zero-order chi connectivity index (χ0) is 11.2. The average molecular weight is 220 g/mol. The van der Waals surface area contributed by atoms with E-state index in [1.807, 2.05) is 18.2 Å². The quantitative estimate of drug-likeness (QED) is 0.759. The molecule has 1 aromatic carbocycles. The van der Waals surface area contributed by atoms with Crippen LogP contribution in [0.2, 0.25) is 0 Å². The Morgan fingerprint density at radius 2 is 2.19 bits per heavy atom. The van der Waals surface area contributed by atoms with E-state index in [0.29, 0.717) is 12.2 Å². The summed E-state index contributed by atoms with van der Waals surface area (Å²) in [5.74, 6) is -0.243. The van der Waals surface area contributed by atoms with E-state index in [1.165, 1.54) is 0 Å². The highest BCUT2D eigenvalue weighted by atomic mass is 16.5. The van der Waals surface area contributed by atoms with Crippen LogP contribution in [0.15, 0.2) is 30.3 Å². The first kappa shape index (κ1) is 11.1. The van der Waals surface area contributed by atoms with Crippen LogP contribution >= 0.6 is 0 Å². The number of nitrogens with one attached hydrogen (secondary N) is 1. The van der Waals surface area contributed by atoms with Crippen molar-refractivity contribution >= 4 is 5.97 Å². The Balaban J connectivity index is 1.71. The third kappa shape index (κ3) is 3.05. The van der Waals surface area contributed by atoms with Gasteiger partial charge in [0.1, 0.15) is 6.61 Å². The number of ether oxygens (including phenoxy) is 1. The van der Waals surface area contributed by atoms with Gasteiger partial charge >= 0.3 is 5.97 Å². The van der Waals surface area contributed by atoms with Gasteiger partial charge in [0.2, 0.25) is 0 Å². The standard InChI is InChI=1S/C12H16N2O2/c15-12(11-4-2-1-3-5-11)16-9-8-14-7-6-13-10-14/h1-5,13H,6-10H2. The summed E-state index contributed by atoms with van der Waals surface area (Å²) in [4.78, 5) is 13.8. The van der Waals surface area contributed by atoms with Crippen molar-refractivity contribution in [3.63, 3.8) is 0 Å². The lowest BCUT2D eigenvalue weighted by Gasteiger charge is -2.13. The van der Waals surface area contributed by atoms with E-state index in [-0.39, 0.29) is 5.97 Å². The van der Waals surface area contributed by atoms with E-state index in [4.69, 9.17) is 4.74 Å². The van der Waals surface area contributed by atoms with Gasteiger partial charge in [0.25, 0.3) is 0 Å². The summed E-state index contributed by atoms with van der Waals surface area (Å²) >= 11 is 0. The van der Waals surface area contributed by atoms with Crippen LogP contribution in [0.3, 0.4) is 0 Å². The van der Waals surface area contributed by atoms with Crippen LogP contribution in [-0.4, -0.2) is 43.8 Å². The largest absolute Gasteiger partial charge is 0.461 e. The minimum atomic E-state index is -0.243. The minimum absolute atomic E-state index is 0.243. The van der Waals surface area contributed by atoms with Crippen molar-refractivity contribution in [1.29, 1.82) is 0 Å². The first-order chi connectivity index (χ1) is 7.86. The molecule has 0 aliphatic carbocycles. The van der Waals surface area contributed by atoms with Crippen molar-refractivity contribution < 1.29 is 9.53 Å². The summed E-state index contributed by atoms with van der Waals surface area (Å²) in [6, 6.07) is 9.08. The smallest absolute Gasteiger partial charge is 0.338 e. The molecular weight excluding hydrogens is 204 g/mol. The predicted octanol–water partition coefficient (Wildman–Crippen LogP) is 0.706. The first-order valence-electron chi connectivity index (χ1n) is 5.51. The molecule has 0 spiro atoms. The maximum atomic E-state index is 11.6. The molecule has 0 aromatic heterocycles. The van der Waals surface area contributed by atoms with Crippen LogP contribution < -0.4 is 5.32 Å². The molecule has 1 heterocycles. The third-order valence-corrected chi connectivity index (χ3v) is 2.59. The van der Waals surface area contributed by atoms with Gasteiger partial charge in [0, 0.05) is 26.3 Å². The molecule has 1 fully saturated rings. The Bertz CT molecular complexity index is 334. The molecule has 4 nitrogen and oxygen atoms in total. The number of benzene rings is 1. The van der Waals surface area contributed by atoms with Crippen LogP contribution in [0.4, 0.5) is 0 Å². The summed E-state index contributed by atoms with van der Waals surface area (Å²) in [6.07, 6.45) is 0. The van der Waals surface area contributed by atoms with Gasteiger partial charge < -0.3 is 10.1 Å². The number of hydrogen-bond acceptors (Lipinski definition) is 4. The summed E-state index contributed by atoms with van der Waals surface area (Å²) in [5.41, 5.74) is 0.613. The molecule has 86 valence electrons. The second kappa shape index (κ2) is 5.63. The topological polar surface area (TPSA) is 41.6 Å². The number of rotatable bonds is 4. The maximum Gasteiger partial charge on any atom is 0.338 e. The van der Waals surface area contributed by atoms with Gasteiger partial charge in [0.05, 0.1) is 5.56 Å². The number of carbonyl (C=O) groups excluding carboxylic acids is 1. The van der Waals surface area contributed by atoms with Gasteiger partial charge in [-0.2, -0.15) is 0 Å². The van der Waals surface area contributed by atoms with Gasteiger partial charge in [-0.3, -0.25) is 4.90 Å². The molecule has 16 heavy (non-hydrogen) atoms. The highest BCUT2D eigenvalue weighted by Crippen LogP contribution is 2.01. The summed E-state index contributed by atoms with van der Waals surface area (Å²) in [7, 11) is 0. The fourth-order valence-electron chi connectivity index (χ4n) is 1.67. The highest BCUT2D eigenvalue weighted by Gasteiger charge is 2.11. The Morgan fingerprint density at radius 1 is 1.38 bits per heavy atom. The van der Waals surface area contributed by atoms with Gasteiger partial charge in [-0.1, -0.05) is 18.2 Å². The van der Waals surface area contributed by atoms with Crippen LogP contribution in [0, 0.1) is 0 Å². The molecule has 0 radical (unpaired) electrons. The molecule has 1 saturated heterocycles. The second-order valence-corrected chi connectivity index (χ2v) is 3.78. The van der Waals surface area contributed by atoms with Crippen LogP contribution in [0.1, 0.15) is 10.4 Å². The SMILES string of the molecule is O=C(OCCN1CCNC1)c1ccccc1. The highest BCUT2D eigenvalue weighted by molar-refractivity contribution is 5.89. The van der Waals surface area contributed by atoms with Crippen molar-refractivity contribution in [3.8, 4) is 0 Å². The van der Waals surface area contributed by atoms with E-state index in [0.717, 1.165) is 26.3 Å². The molecule has 0 amide bonds. The lowest BCUT2D eigenvalue weighted by molar-refractivity contribution is 0.0472. The molecular formula is C12H16N2O2. The summed E-state index contributed by atoms with van der Waals surface area (Å²) in [5, 5.41) is 3.23. The van der Waals surface area contributed by atoms with Crippen molar-refractivity contribution in [2.75, 3.05) is 32.9 Å². The van der Waals surface area contributed by atoms with E-state index < -0.39 is 0 Å². The summed E-state index contributed by atoms with van der Waals surface area (Å²) < 4.78 is 5.18. The van der Waals surface area contributed by atoms with Gasteiger partial charge in [0.15, 0.2) is 0 Å². The zero-order valence-electron chi connectivity index (χ0n) is 9.19. The fourth-order valence-corrected chi connectivity index (χ4v) is 1.67. The van der Waals surface area contributed by atoms with Crippen LogP contribution in [0.25, 0.3) is 0 Å². The van der Waals surface area contributed by atoms with E-state index >= 15 is 0 Å². The normalized spacial score (nSPS) is 16.2. The van der Waals surface area contributed by atoms with E-state index in [9.17, 15) is 4.79 Å². The van der Waals surface area contributed by atoms with E-state index in [2.05, 4.69) is 10.2 Å². The van der Waals surface area contributed by atoms with Crippen molar-refractivity contribution in [1.82, 2.24) is 10.2 Å². The number of esters is 1. The van der Waals surface area contributed by atoms with Gasteiger partial charge in [-0.25, -0.2) is 4.79 Å². The molecule has 4 heteroatoms. The second-order valence-electron chi connectivity index (χ2n) is 3.78. The molecule has 1 N–H and O–H groups in total. The average Bonchev–Trinajstić information content (AvgIpc) is 2.83.